The lowest BCUT2D eigenvalue weighted by Gasteiger charge is -2.21. The molecular formula is C17H16O3S. The molecule has 0 bridgehead atoms. The summed E-state index contributed by atoms with van der Waals surface area (Å²) in [5, 5.41) is 11.1. The molecule has 1 aromatic heterocycles. The molecule has 0 saturated heterocycles. The van der Waals surface area contributed by atoms with Gasteiger partial charge in [0.25, 0.3) is 0 Å². The average Bonchev–Trinajstić information content (AvgIpc) is 2.99. The number of hydrogen-bond donors (Lipinski definition) is 1. The van der Waals surface area contributed by atoms with Crippen molar-refractivity contribution in [2.75, 3.05) is 7.11 Å². The summed E-state index contributed by atoms with van der Waals surface area (Å²) in [5.74, 6) is 12.9. The maximum Gasteiger partial charge on any atom is 0.313 e. The molecule has 21 heavy (non-hydrogen) atoms. The van der Waals surface area contributed by atoms with Crippen molar-refractivity contribution in [2.24, 2.45) is 5.41 Å². The predicted molar refractivity (Wildman–Crippen MR) is 83.2 cm³/mol. The Bertz CT molecular complexity index is 632. The topological polar surface area (TPSA) is 46.5 Å². The number of carbonyl (C=O) groups excluding carboxylic acids is 1. The number of terminal acetylenes is 1. The molecule has 0 aliphatic carbocycles. The molecule has 0 spiro atoms. The summed E-state index contributed by atoms with van der Waals surface area (Å²) >= 11 is 1.54. The molecule has 1 heterocycles. The van der Waals surface area contributed by atoms with Crippen LogP contribution >= 0.6 is 11.3 Å². The molecule has 1 rings (SSSR count). The van der Waals surface area contributed by atoms with E-state index >= 15 is 0 Å². The minimum absolute atomic E-state index is 0.220. The number of methoxy groups -OCH3 is 1. The summed E-state index contributed by atoms with van der Waals surface area (Å²) in [7, 11) is 1.33. The van der Waals surface area contributed by atoms with E-state index in [0.29, 0.717) is 6.42 Å². The molecule has 108 valence electrons. The fraction of sp³-hybridized carbons (Fsp3) is 0.353. The fourth-order valence-electron chi connectivity index (χ4n) is 1.51. The molecule has 0 fully saturated rings. The standard InChI is InChI=1S/C17H16O3S/c1-4-14(18)8-5-11-17(2,16(19)20-3)12-6-9-15-10-7-13-21-15/h1,7,10,13-14,18H,11-12H2,2-3H3. The first-order chi connectivity index (χ1) is 10.0. The van der Waals surface area contributed by atoms with E-state index in [1.54, 1.807) is 6.92 Å². The Labute approximate surface area is 129 Å². The van der Waals surface area contributed by atoms with Crippen LogP contribution in [0.4, 0.5) is 0 Å². The maximum atomic E-state index is 11.9. The van der Waals surface area contributed by atoms with Gasteiger partial charge in [0.1, 0.15) is 0 Å². The summed E-state index contributed by atoms with van der Waals surface area (Å²) in [6.45, 7) is 1.73. The van der Waals surface area contributed by atoms with Gasteiger partial charge in [0.15, 0.2) is 6.10 Å². The molecule has 0 radical (unpaired) electrons. The zero-order valence-corrected chi connectivity index (χ0v) is 12.8. The second-order valence-corrected chi connectivity index (χ2v) is 5.52. The van der Waals surface area contributed by atoms with Gasteiger partial charge in [-0.1, -0.05) is 35.7 Å². The average molecular weight is 300 g/mol. The third-order valence-corrected chi connectivity index (χ3v) is 3.55. The Balaban J connectivity index is 2.81. The smallest absolute Gasteiger partial charge is 0.313 e. The van der Waals surface area contributed by atoms with Crippen molar-refractivity contribution in [1.29, 1.82) is 0 Å². The summed E-state index contributed by atoms with van der Waals surface area (Å²) in [6, 6.07) is 3.83. The van der Waals surface area contributed by atoms with Crippen LogP contribution in [-0.2, 0) is 9.53 Å². The lowest BCUT2D eigenvalue weighted by molar-refractivity contribution is -0.151. The molecule has 0 aliphatic rings. The van der Waals surface area contributed by atoms with Crippen molar-refractivity contribution in [1.82, 2.24) is 0 Å². The van der Waals surface area contributed by atoms with E-state index in [2.05, 4.69) is 29.6 Å². The highest BCUT2D eigenvalue weighted by Gasteiger charge is 2.32. The van der Waals surface area contributed by atoms with Gasteiger partial charge in [0.2, 0.25) is 0 Å². The molecule has 0 aromatic carbocycles. The first-order valence-corrected chi connectivity index (χ1v) is 7.13. The zero-order chi connectivity index (χ0) is 15.7. The largest absolute Gasteiger partial charge is 0.469 e. The normalized spacial score (nSPS) is 13.4. The number of ether oxygens (including phenoxy) is 1. The number of esters is 1. The van der Waals surface area contributed by atoms with Crippen LogP contribution in [0.25, 0.3) is 0 Å². The quantitative estimate of drug-likeness (QED) is 0.686. The molecule has 2 unspecified atom stereocenters. The van der Waals surface area contributed by atoms with Crippen LogP contribution in [0.1, 0.15) is 24.6 Å². The van der Waals surface area contributed by atoms with Crippen molar-refractivity contribution in [2.45, 2.75) is 25.9 Å². The third kappa shape index (κ3) is 5.36. The van der Waals surface area contributed by atoms with Gasteiger partial charge < -0.3 is 9.84 Å². The SMILES string of the molecule is C#CC(O)C#CCC(C)(CC#Cc1cccs1)C(=O)OC. The van der Waals surface area contributed by atoms with Gasteiger partial charge in [0, 0.05) is 12.8 Å². The van der Waals surface area contributed by atoms with Gasteiger partial charge in [-0.2, -0.15) is 0 Å². The molecule has 0 amide bonds. The van der Waals surface area contributed by atoms with Gasteiger partial charge in [-0.3, -0.25) is 4.79 Å². The number of rotatable bonds is 3. The van der Waals surface area contributed by atoms with E-state index in [4.69, 9.17) is 11.2 Å². The Hall–Kier alpha value is -2.19. The zero-order valence-electron chi connectivity index (χ0n) is 12.0. The Morgan fingerprint density at radius 2 is 2.24 bits per heavy atom. The third-order valence-electron chi connectivity index (χ3n) is 2.76. The van der Waals surface area contributed by atoms with Crippen molar-refractivity contribution in [3.8, 4) is 36.0 Å². The predicted octanol–water partition coefficient (Wildman–Crippen LogP) is 2.06. The maximum absolute atomic E-state index is 11.9. The summed E-state index contributed by atoms with van der Waals surface area (Å²) in [6.07, 6.45) is 4.44. The van der Waals surface area contributed by atoms with Crippen LogP contribution in [0, 0.1) is 41.4 Å². The minimum Gasteiger partial charge on any atom is -0.469 e. The van der Waals surface area contributed by atoms with E-state index < -0.39 is 11.5 Å². The van der Waals surface area contributed by atoms with Gasteiger partial charge in [-0.15, -0.1) is 17.8 Å². The number of thiophene rings is 1. The molecule has 3 nitrogen and oxygen atoms in total. The summed E-state index contributed by atoms with van der Waals surface area (Å²) in [4.78, 5) is 12.9. The van der Waals surface area contributed by atoms with Crippen LogP contribution in [0.2, 0.25) is 0 Å². The van der Waals surface area contributed by atoms with E-state index in [-0.39, 0.29) is 12.4 Å². The van der Waals surface area contributed by atoms with Crippen LogP contribution in [0.3, 0.4) is 0 Å². The van der Waals surface area contributed by atoms with E-state index in [1.165, 1.54) is 18.4 Å². The van der Waals surface area contributed by atoms with Crippen molar-refractivity contribution < 1.29 is 14.6 Å². The first kappa shape index (κ1) is 16.9. The molecular weight excluding hydrogens is 284 g/mol. The van der Waals surface area contributed by atoms with E-state index in [1.807, 2.05) is 17.5 Å². The number of aliphatic hydroxyl groups excluding tert-OH is 1. The van der Waals surface area contributed by atoms with Crippen molar-refractivity contribution in [3.05, 3.63) is 22.4 Å². The van der Waals surface area contributed by atoms with Crippen LogP contribution in [-0.4, -0.2) is 24.3 Å². The van der Waals surface area contributed by atoms with Gasteiger partial charge in [-0.25, -0.2) is 0 Å². The van der Waals surface area contributed by atoms with E-state index in [9.17, 15) is 9.90 Å². The Morgan fingerprint density at radius 1 is 1.52 bits per heavy atom. The highest BCUT2D eigenvalue weighted by atomic mass is 32.1. The second-order valence-electron chi connectivity index (χ2n) is 4.58. The summed E-state index contributed by atoms with van der Waals surface area (Å²) < 4.78 is 4.81. The lowest BCUT2D eigenvalue weighted by atomic mass is 9.83. The van der Waals surface area contributed by atoms with Gasteiger partial charge >= 0.3 is 5.97 Å². The number of hydrogen-bond acceptors (Lipinski definition) is 4. The van der Waals surface area contributed by atoms with E-state index in [0.717, 1.165) is 4.88 Å². The van der Waals surface area contributed by atoms with Crippen LogP contribution in [0.15, 0.2) is 17.5 Å². The van der Waals surface area contributed by atoms with Crippen LogP contribution < -0.4 is 0 Å². The summed E-state index contributed by atoms with van der Waals surface area (Å²) in [5.41, 5.74) is -0.847. The van der Waals surface area contributed by atoms with Crippen molar-refractivity contribution in [3.63, 3.8) is 0 Å². The molecule has 1 aromatic rings. The lowest BCUT2D eigenvalue weighted by Crippen LogP contribution is -2.28. The minimum atomic E-state index is -1.12. The highest BCUT2D eigenvalue weighted by molar-refractivity contribution is 7.10. The molecule has 0 aliphatic heterocycles. The second kappa shape index (κ2) is 8.18. The molecule has 0 saturated carbocycles. The highest BCUT2D eigenvalue weighted by Crippen LogP contribution is 2.27. The van der Waals surface area contributed by atoms with Gasteiger partial charge in [0.05, 0.1) is 17.4 Å². The monoisotopic (exact) mass is 300 g/mol. The molecule has 1 N–H and O–H groups in total. The molecule has 4 heteroatoms. The number of carbonyl (C=O) groups is 1. The molecule has 2 atom stereocenters. The Morgan fingerprint density at radius 3 is 2.81 bits per heavy atom. The number of aliphatic hydroxyl groups is 1. The fourth-order valence-corrected chi connectivity index (χ4v) is 2.11. The Kier molecular flexibility index (Phi) is 6.57. The van der Waals surface area contributed by atoms with Gasteiger partial charge in [-0.05, 0) is 18.4 Å². The van der Waals surface area contributed by atoms with Crippen molar-refractivity contribution >= 4 is 17.3 Å². The van der Waals surface area contributed by atoms with Crippen LogP contribution in [0.5, 0.6) is 0 Å². The first-order valence-electron chi connectivity index (χ1n) is 6.25.